The molecule has 0 saturated carbocycles. The Kier molecular flexibility index (Phi) is 0.737. The fourth-order valence-electron chi connectivity index (χ4n) is 0.251. The summed E-state index contributed by atoms with van der Waals surface area (Å²) in [5.41, 5.74) is 4.90. The Morgan fingerprint density at radius 1 is 2.00 bits per heavy atom. The van der Waals surface area contributed by atoms with Gasteiger partial charge in [-0.05, 0) is 0 Å². The molecule has 0 radical (unpaired) electrons. The molecular weight excluding hydrogens is 110 g/mol. The maximum Gasteiger partial charge on any atom is 0.247 e. The molecular formula is C3H7NO2Si. The summed E-state index contributed by atoms with van der Waals surface area (Å²) in [6.07, 6.45) is 0. The lowest BCUT2D eigenvalue weighted by Crippen LogP contribution is -2.32. The largest absolute Gasteiger partial charge is 0.367 e. The third kappa shape index (κ3) is 0.663. The summed E-state index contributed by atoms with van der Waals surface area (Å²) in [5.74, 6) is -0.306. The van der Waals surface area contributed by atoms with Gasteiger partial charge in [-0.25, -0.2) is 0 Å². The van der Waals surface area contributed by atoms with Crippen LogP contribution in [-0.2, 0) is 9.53 Å². The SMILES string of the molecule is NC(=O)C1([SiH3])CO1. The van der Waals surface area contributed by atoms with Crippen molar-refractivity contribution >= 4 is 16.1 Å². The van der Waals surface area contributed by atoms with Gasteiger partial charge in [0, 0.05) is 0 Å². The predicted molar refractivity (Wildman–Crippen MR) is 27.8 cm³/mol. The lowest BCUT2D eigenvalue weighted by molar-refractivity contribution is -0.120. The quantitative estimate of drug-likeness (QED) is 0.306. The van der Waals surface area contributed by atoms with Gasteiger partial charge in [-0.1, -0.05) is 0 Å². The number of amides is 1. The van der Waals surface area contributed by atoms with Crippen molar-refractivity contribution in [3.63, 3.8) is 0 Å². The molecule has 0 aromatic carbocycles. The number of nitrogens with two attached hydrogens (primary N) is 1. The highest BCUT2D eigenvalue weighted by Crippen LogP contribution is 2.20. The van der Waals surface area contributed by atoms with Gasteiger partial charge in [-0.2, -0.15) is 0 Å². The maximum atomic E-state index is 10.2. The number of carbonyl (C=O) groups excluding carboxylic acids is 1. The molecule has 1 unspecified atom stereocenters. The van der Waals surface area contributed by atoms with Crippen LogP contribution in [0.5, 0.6) is 0 Å². The fraction of sp³-hybridized carbons (Fsp3) is 0.667. The van der Waals surface area contributed by atoms with Gasteiger partial charge in [0.05, 0.1) is 16.8 Å². The van der Waals surface area contributed by atoms with Crippen LogP contribution in [0.15, 0.2) is 0 Å². The number of hydrogen-bond acceptors (Lipinski definition) is 2. The molecule has 4 heteroatoms. The Morgan fingerprint density at radius 3 is 2.43 bits per heavy atom. The van der Waals surface area contributed by atoms with Crippen molar-refractivity contribution in [2.45, 2.75) is 5.22 Å². The zero-order valence-corrected chi connectivity index (χ0v) is 6.10. The third-order valence-corrected chi connectivity index (χ3v) is 2.17. The number of carbonyl (C=O) groups is 1. The second-order valence-electron chi connectivity index (χ2n) is 1.88. The molecule has 7 heavy (non-hydrogen) atoms. The summed E-state index contributed by atoms with van der Waals surface area (Å²) in [5, 5.41) is -0.472. The van der Waals surface area contributed by atoms with E-state index in [1.165, 1.54) is 0 Å². The van der Waals surface area contributed by atoms with Crippen molar-refractivity contribution < 1.29 is 9.53 Å². The van der Waals surface area contributed by atoms with E-state index < -0.39 is 5.22 Å². The summed E-state index contributed by atoms with van der Waals surface area (Å²) in [6, 6.07) is 0. The highest BCUT2D eigenvalue weighted by molar-refractivity contribution is 6.29. The Morgan fingerprint density at radius 2 is 2.43 bits per heavy atom. The Labute approximate surface area is 44.2 Å². The number of epoxide rings is 1. The van der Waals surface area contributed by atoms with Gasteiger partial charge in [-0.15, -0.1) is 0 Å². The summed E-state index contributed by atoms with van der Waals surface area (Å²) in [4.78, 5) is 10.2. The summed E-state index contributed by atoms with van der Waals surface area (Å²) >= 11 is 0. The van der Waals surface area contributed by atoms with E-state index in [-0.39, 0.29) is 5.91 Å². The normalized spacial score (nSPS) is 38.3. The van der Waals surface area contributed by atoms with E-state index >= 15 is 0 Å². The first kappa shape index (κ1) is 4.80. The highest BCUT2D eigenvalue weighted by Gasteiger charge is 2.45. The van der Waals surface area contributed by atoms with Crippen molar-refractivity contribution in [1.29, 1.82) is 0 Å². The van der Waals surface area contributed by atoms with Crippen LogP contribution in [-0.4, -0.2) is 28.0 Å². The second kappa shape index (κ2) is 1.08. The van der Waals surface area contributed by atoms with Crippen molar-refractivity contribution in [2.24, 2.45) is 5.73 Å². The molecule has 2 N–H and O–H groups in total. The molecule has 1 amide bonds. The minimum Gasteiger partial charge on any atom is -0.367 e. The van der Waals surface area contributed by atoms with Crippen molar-refractivity contribution in [3.8, 4) is 0 Å². The highest BCUT2D eigenvalue weighted by atomic mass is 28.1. The molecule has 40 valence electrons. The summed E-state index contributed by atoms with van der Waals surface area (Å²) in [6.45, 7) is 0.550. The van der Waals surface area contributed by atoms with E-state index in [4.69, 9.17) is 10.5 Å². The topological polar surface area (TPSA) is 55.6 Å². The van der Waals surface area contributed by atoms with Crippen LogP contribution in [0.2, 0.25) is 0 Å². The average Bonchev–Trinajstić information content (AvgIpc) is 2.21. The zero-order valence-electron chi connectivity index (χ0n) is 4.10. The van der Waals surface area contributed by atoms with Crippen LogP contribution in [0, 0.1) is 0 Å². The molecule has 1 atom stereocenters. The van der Waals surface area contributed by atoms with E-state index in [1.54, 1.807) is 0 Å². The molecule has 1 saturated heterocycles. The van der Waals surface area contributed by atoms with Gasteiger partial charge in [0.1, 0.15) is 5.22 Å². The Bertz CT molecular complexity index is 110. The summed E-state index contributed by atoms with van der Waals surface area (Å²) < 4.78 is 4.74. The molecule has 0 aromatic rings. The monoisotopic (exact) mass is 117 g/mol. The molecule has 1 fully saturated rings. The first-order valence-corrected chi connectivity index (χ1v) is 3.09. The third-order valence-electron chi connectivity index (χ3n) is 1.10. The van der Waals surface area contributed by atoms with Crippen LogP contribution in [0.3, 0.4) is 0 Å². The second-order valence-corrected chi connectivity index (χ2v) is 3.50. The van der Waals surface area contributed by atoms with Gasteiger partial charge >= 0.3 is 0 Å². The molecule has 0 bridgehead atoms. The van der Waals surface area contributed by atoms with Crippen LogP contribution in [0.4, 0.5) is 0 Å². The standard InChI is InChI=1S/C3H7NO2Si/c4-2(5)3(7)1-6-3/h1H2,7H3,(H2,4,5). The van der Waals surface area contributed by atoms with Crippen molar-refractivity contribution in [3.05, 3.63) is 0 Å². The molecule has 1 heterocycles. The average molecular weight is 117 g/mol. The predicted octanol–water partition coefficient (Wildman–Crippen LogP) is -2.44. The van der Waals surface area contributed by atoms with Gasteiger partial charge in [0.15, 0.2) is 0 Å². The Hall–Kier alpha value is -0.353. The molecule has 1 rings (SSSR count). The number of hydrogen-bond donors (Lipinski definition) is 1. The number of ether oxygens (including phenoxy) is 1. The van der Waals surface area contributed by atoms with E-state index in [0.29, 0.717) is 6.61 Å². The molecule has 1 aliphatic heterocycles. The molecule has 0 aliphatic carbocycles. The molecule has 0 aromatic heterocycles. The van der Waals surface area contributed by atoms with Gasteiger partial charge in [0.2, 0.25) is 5.91 Å². The minimum absolute atomic E-state index is 0.306. The van der Waals surface area contributed by atoms with Gasteiger partial charge in [0.25, 0.3) is 0 Å². The maximum absolute atomic E-state index is 10.2. The lowest BCUT2D eigenvalue weighted by Gasteiger charge is -1.92. The first-order chi connectivity index (χ1) is 3.15. The lowest BCUT2D eigenvalue weighted by atomic mass is 10.4. The van der Waals surface area contributed by atoms with Crippen LogP contribution in [0.25, 0.3) is 0 Å². The fourth-order valence-corrected chi connectivity index (χ4v) is 0.395. The molecule has 0 spiro atoms. The van der Waals surface area contributed by atoms with Crippen LogP contribution < -0.4 is 5.73 Å². The number of primary amides is 1. The molecule has 1 aliphatic rings. The van der Waals surface area contributed by atoms with E-state index in [9.17, 15) is 4.79 Å². The molecule has 3 nitrogen and oxygen atoms in total. The van der Waals surface area contributed by atoms with Crippen molar-refractivity contribution in [1.82, 2.24) is 0 Å². The van der Waals surface area contributed by atoms with Crippen molar-refractivity contribution in [2.75, 3.05) is 6.61 Å². The van der Waals surface area contributed by atoms with Gasteiger partial charge in [-0.3, -0.25) is 4.79 Å². The smallest absolute Gasteiger partial charge is 0.247 e. The van der Waals surface area contributed by atoms with Gasteiger partial charge < -0.3 is 10.5 Å². The number of rotatable bonds is 1. The van der Waals surface area contributed by atoms with Crippen LogP contribution >= 0.6 is 0 Å². The van der Waals surface area contributed by atoms with Crippen LogP contribution in [0.1, 0.15) is 0 Å². The van der Waals surface area contributed by atoms with E-state index in [0.717, 1.165) is 10.2 Å². The first-order valence-electron chi connectivity index (χ1n) is 2.09. The van der Waals surface area contributed by atoms with E-state index in [2.05, 4.69) is 0 Å². The minimum atomic E-state index is -0.472. The van der Waals surface area contributed by atoms with E-state index in [1.807, 2.05) is 0 Å². The summed E-state index contributed by atoms with van der Waals surface area (Å²) in [7, 11) is 0.727. The zero-order chi connectivity index (χ0) is 5.49. The Balaban J connectivity index is 2.55.